The van der Waals surface area contributed by atoms with E-state index in [9.17, 15) is 0 Å². The van der Waals surface area contributed by atoms with Crippen molar-refractivity contribution in [3.8, 4) is 0 Å². The first-order chi connectivity index (χ1) is 7.50. The number of benzene rings is 1. The molecule has 16 heavy (non-hydrogen) atoms. The fourth-order valence-corrected chi connectivity index (χ4v) is 2.07. The summed E-state index contributed by atoms with van der Waals surface area (Å²) in [5.74, 6) is 1.04. The molecule has 0 aliphatic carbocycles. The molecule has 1 heterocycles. The maximum Gasteiger partial charge on any atom is 0.106 e. The maximum absolute atomic E-state index is 4.54. The lowest BCUT2D eigenvalue weighted by Crippen LogP contribution is -2.14. The lowest BCUT2D eigenvalue weighted by molar-refractivity contribution is 0.398. The minimum Gasteiger partial charge on any atom is -0.331 e. The normalized spacial score (nSPS) is 13.6. The van der Waals surface area contributed by atoms with Crippen LogP contribution in [0.25, 0.3) is 11.0 Å². The minimum atomic E-state index is 0.235. The van der Waals surface area contributed by atoms with Gasteiger partial charge in [-0.25, -0.2) is 4.98 Å². The Morgan fingerprint density at radius 2 is 2.06 bits per heavy atom. The summed E-state index contributed by atoms with van der Waals surface area (Å²) >= 11 is 3.65. The van der Waals surface area contributed by atoms with Gasteiger partial charge in [0.25, 0.3) is 0 Å². The first kappa shape index (κ1) is 11.6. The molecule has 0 fully saturated rings. The molecule has 0 aliphatic heterocycles. The summed E-state index contributed by atoms with van der Waals surface area (Å²) in [5.41, 5.74) is 3.47. The molecule has 86 valence electrons. The number of alkyl halides is 1. The molecule has 0 bridgehead atoms. The summed E-state index contributed by atoms with van der Waals surface area (Å²) in [7, 11) is 6.14. The smallest absolute Gasteiger partial charge is 0.106 e. The van der Waals surface area contributed by atoms with Crippen molar-refractivity contribution in [1.82, 2.24) is 14.5 Å². The first-order valence-electron chi connectivity index (χ1n) is 5.24. The molecular weight excluding hydrogens is 266 g/mol. The quantitative estimate of drug-likeness (QED) is 0.624. The molecule has 1 unspecified atom stereocenters. The van der Waals surface area contributed by atoms with Gasteiger partial charge in [0.05, 0.1) is 16.0 Å². The van der Waals surface area contributed by atoms with Crippen LogP contribution in [0.3, 0.4) is 0 Å². The Labute approximate surface area is 104 Å². The number of fused-ring (bicyclic) bond motifs is 1. The molecule has 1 aromatic carbocycles. The van der Waals surface area contributed by atoms with Crippen LogP contribution in [0.1, 0.15) is 16.3 Å². The molecule has 0 amide bonds. The van der Waals surface area contributed by atoms with Crippen molar-refractivity contribution in [3.63, 3.8) is 0 Å². The largest absolute Gasteiger partial charge is 0.331 e. The van der Waals surface area contributed by atoms with E-state index in [-0.39, 0.29) is 4.95 Å². The van der Waals surface area contributed by atoms with E-state index in [0.29, 0.717) is 0 Å². The van der Waals surface area contributed by atoms with Gasteiger partial charge in [-0.3, -0.25) is 4.90 Å². The van der Waals surface area contributed by atoms with Gasteiger partial charge in [-0.2, -0.15) is 0 Å². The third kappa shape index (κ3) is 1.87. The van der Waals surface area contributed by atoms with Gasteiger partial charge < -0.3 is 4.57 Å². The van der Waals surface area contributed by atoms with Gasteiger partial charge in [0.1, 0.15) is 5.82 Å². The molecule has 0 aliphatic rings. The van der Waals surface area contributed by atoms with Gasteiger partial charge in [0.15, 0.2) is 0 Å². The predicted octanol–water partition coefficient (Wildman–Crippen LogP) is 2.84. The highest BCUT2D eigenvalue weighted by Gasteiger charge is 2.12. The topological polar surface area (TPSA) is 21.1 Å². The number of imidazole rings is 1. The zero-order valence-corrected chi connectivity index (χ0v) is 11.6. The molecule has 0 spiro atoms. The lowest BCUT2D eigenvalue weighted by atomic mass is 10.2. The van der Waals surface area contributed by atoms with Crippen LogP contribution in [0.2, 0.25) is 0 Å². The fraction of sp³-hybridized carbons (Fsp3) is 0.417. The minimum absolute atomic E-state index is 0.235. The predicted molar refractivity (Wildman–Crippen MR) is 70.8 cm³/mol. The van der Waals surface area contributed by atoms with E-state index in [2.05, 4.69) is 48.6 Å². The molecule has 0 saturated heterocycles. The zero-order chi connectivity index (χ0) is 11.9. The summed E-state index contributed by atoms with van der Waals surface area (Å²) in [6.07, 6.45) is 0. The zero-order valence-electron chi connectivity index (χ0n) is 10.0. The van der Waals surface area contributed by atoms with Crippen molar-refractivity contribution < 1.29 is 0 Å². The van der Waals surface area contributed by atoms with E-state index in [1.165, 1.54) is 11.1 Å². The average Bonchev–Trinajstić information content (AvgIpc) is 2.53. The molecule has 2 aromatic rings. The van der Waals surface area contributed by atoms with Crippen LogP contribution in [0.4, 0.5) is 0 Å². The Morgan fingerprint density at radius 3 is 2.69 bits per heavy atom. The van der Waals surface area contributed by atoms with Crippen molar-refractivity contribution in [2.24, 2.45) is 7.05 Å². The number of aryl methyl sites for hydroxylation is 2. The number of aromatic nitrogens is 2. The SMILES string of the molecule is Cc1nc2cc(C(Br)N(C)C)ccc2n1C. The summed E-state index contributed by atoms with van der Waals surface area (Å²) in [4.78, 5) is 6.90. The molecule has 1 aromatic heterocycles. The Balaban J connectivity index is 2.52. The van der Waals surface area contributed by atoms with Crippen LogP contribution < -0.4 is 0 Å². The van der Waals surface area contributed by atoms with Gasteiger partial charge in [-0.05, 0) is 38.7 Å². The molecule has 3 nitrogen and oxygen atoms in total. The summed E-state index contributed by atoms with van der Waals surface area (Å²) in [6, 6.07) is 6.41. The maximum atomic E-state index is 4.54. The second-order valence-electron chi connectivity index (χ2n) is 4.27. The van der Waals surface area contributed by atoms with Crippen LogP contribution in [0, 0.1) is 6.92 Å². The van der Waals surface area contributed by atoms with Crippen LogP contribution in [-0.4, -0.2) is 28.5 Å². The van der Waals surface area contributed by atoms with Crippen molar-refractivity contribution in [3.05, 3.63) is 29.6 Å². The number of hydrogen-bond acceptors (Lipinski definition) is 2. The molecule has 2 rings (SSSR count). The van der Waals surface area contributed by atoms with Gasteiger partial charge >= 0.3 is 0 Å². The highest BCUT2D eigenvalue weighted by atomic mass is 79.9. The monoisotopic (exact) mass is 281 g/mol. The van der Waals surface area contributed by atoms with Gasteiger partial charge in [-0.15, -0.1) is 0 Å². The standard InChI is InChI=1S/C12H16BrN3/c1-8-14-10-7-9(12(13)15(2)3)5-6-11(10)16(8)4/h5-7,12H,1-4H3. The molecule has 0 saturated carbocycles. The Kier molecular flexibility index (Phi) is 3.04. The van der Waals surface area contributed by atoms with Crippen molar-refractivity contribution in [2.45, 2.75) is 11.9 Å². The second kappa shape index (κ2) is 4.18. The highest BCUT2D eigenvalue weighted by Crippen LogP contribution is 2.27. The second-order valence-corrected chi connectivity index (χ2v) is 5.13. The van der Waals surface area contributed by atoms with E-state index >= 15 is 0 Å². The Morgan fingerprint density at radius 1 is 1.38 bits per heavy atom. The van der Waals surface area contributed by atoms with Crippen LogP contribution in [0.15, 0.2) is 18.2 Å². The molecule has 0 radical (unpaired) electrons. The lowest BCUT2D eigenvalue weighted by Gasteiger charge is -2.18. The van der Waals surface area contributed by atoms with E-state index in [1.807, 2.05) is 28.1 Å². The van der Waals surface area contributed by atoms with Gasteiger partial charge in [0.2, 0.25) is 0 Å². The summed E-state index contributed by atoms with van der Waals surface area (Å²) in [5, 5.41) is 0. The third-order valence-corrected chi connectivity index (χ3v) is 4.20. The summed E-state index contributed by atoms with van der Waals surface area (Å²) < 4.78 is 2.11. The van der Waals surface area contributed by atoms with Crippen molar-refractivity contribution in [1.29, 1.82) is 0 Å². The van der Waals surface area contributed by atoms with Gasteiger partial charge in [-0.1, -0.05) is 22.0 Å². The van der Waals surface area contributed by atoms with E-state index < -0.39 is 0 Å². The van der Waals surface area contributed by atoms with Crippen LogP contribution in [0.5, 0.6) is 0 Å². The first-order valence-corrected chi connectivity index (χ1v) is 6.15. The molecule has 0 N–H and O–H groups in total. The van der Waals surface area contributed by atoms with Crippen LogP contribution >= 0.6 is 15.9 Å². The Hall–Kier alpha value is -0.870. The number of nitrogens with zero attached hydrogens (tertiary/aromatic N) is 3. The number of halogens is 1. The molecule has 4 heteroatoms. The summed E-state index contributed by atoms with van der Waals surface area (Å²) in [6.45, 7) is 2.03. The molecule has 1 atom stereocenters. The Bertz CT molecular complexity index is 516. The van der Waals surface area contributed by atoms with E-state index in [0.717, 1.165) is 11.3 Å². The van der Waals surface area contributed by atoms with Crippen LogP contribution in [-0.2, 0) is 7.05 Å². The fourth-order valence-electron chi connectivity index (χ4n) is 1.78. The van der Waals surface area contributed by atoms with Crippen molar-refractivity contribution >= 4 is 27.0 Å². The molecular formula is C12H16BrN3. The number of rotatable bonds is 2. The average molecular weight is 282 g/mol. The van der Waals surface area contributed by atoms with E-state index in [1.54, 1.807) is 0 Å². The van der Waals surface area contributed by atoms with E-state index in [4.69, 9.17) is 0 Å². The van der Waals surface area contributed by atoms with Gasteiger partial charge in [0, 0.05) is 7.05 Å². The number of hydrogen-bond donors (Lipinski definition) is 0. The third-order valence-electron chi connectivity index (χ3n) is 2.86. The van der Waals surface area contributed by atoms with Crippen molar-refractivity contribution in [2.75, 3.05) is 14.1 Å². The highest BCUT2D eigenvalue weighted by molar-refractivity contribution is 9.09.